The van der Waals surface area contributed by atoms with E-state index in [2.05, 4.69) is 21.4 Å². The Labute approximate surface area is 177 Å². The minimum absolute atomic E-state index is 0.283. The van der Waals surface area contributed by atoms with Crippen molar-refractivity contribution >= 4 is 5.95 Å². The second-order valence-electron chi connectivity index (χ2n) is 8.86. The Bertz CT molecular complexity index is 947. The lowest BCUT2D eigenvalue weighted by atomic mass is 9.97. The van der Waals surface area contributed by atoms with Crippen LogP contribution in [-0.4, -0.2) is 50.3 Å². The molecule has 2 N–H and O–H groups in total. The number of phenolic OH excluding ortho intramolecular Hbond substituents is 1. The zero-order valence-electron chi connectivity index (χ0n) is 17.4. The fourth-order valence-corrected chi connectivity index (χ4v) is 5.39. The number of nitrogens with zero attached hydrogens (tertiary/aromatic N) is 4. The number of hydrogen-bond acceptors (Lipinski definition) is 6. The molecule has 0 saturated carbocycles. The fourth-order valence-electron chi connectivity index (χ4n) is 5.39. The lowest BCUT2D eigenvalue weighted by Gasteiger charge is -2.37. The second kappa shape index (κ2) is 8.00. The monoisotopic (exact) mass is 406 g/mol. The van der Waals surface area contributed by atoms with E-state index in [1.807, 2.05) is 30.5 Å². The van der Waals surface area contributed by atoms with Crippen molar-refractivity contribution in [3.05, 3.63) is 59.4 Å². The number of aromatic nitrogens is 2. The van der Waals surface area contributed by atoms with Crippen LogP contribution in [0.2, 0.25) is 0 Å². The highest BCUT2D eigenvalue weighted by atomic mass is 16.3. The number of anilines is 1. The van der Waals surface area contributed by atoms with Crippen molar-refractivity contribution in [1.82, 2.24) is 14.9 Å². The Hall–Kier alpha value is -2.44. The molecule has 2 fully saturated rings. The van der Waals surface area contributed by atoms with Crippen molar-refractivity contribution in [2.24, 2.45) is 0 Å². The Balaban J connectivity index is 1.38. The van der Waals surface area contributed by atoms with Gasteiger partial charge in [0.25, 0.3) is 0 Å². The lowest BCUT2D eigenvalue weighted by molar-refractivity contribution is 0.153. The van der Waals surface area contributed by atoms with Gasteiger partial charge >= 0.3 is 0 Å². The third-order valence-corrected chi connectivity index (χ3v) is 6.92. The third kappa shape index (κ3) is 3.48. The summed E-state index contributed by atoms with van der Waals surface area (Å²) < 4.78 is 0. The molecule has 0 aliphatic carbocycles. The van der Waals surface area contributed by atoms with Crippen LogP contribution < -0.4 is 4.90 Å². The molecule has 6 heteroatoms. The summed E-state index contributed by atoms with van der Waals surface area (Å²) in [5.41, 5.74) is 4.30. The highest BCUT2D eigenvalue weighted by Crippen LogP contribution is 2.44. The van der Waals surface area contributed by atoms with Crippen LogP contribution in [0, 0.1) is 0 Å². The maximum Gasteiger partial charge on any atom is 0.225 e. The summed E-state index contributed by atoms with van der Waals surface area (Å²) in [5.74, 6) is 1.16. The quantitative estimate of drug-likeness (QED) is 0.744. The first-order valence-electron chi connectivity index (χ1n) is 11.1. The summed E-state index contributed by atoms with van der Waals surface area (Å²) in [5, 5.41) is 20.7. The summed E-state index contributed by atoms with van der Waals surface area (Å²) in [4.78, 5) is 14.2. The molecular formula is C24H30N4O2. The van der Waals surface area contributed by atoms with Crippen molar-refractivity contribution < 1.29 is 10.2 Å². The van der Waals surface area contributed by atoms with Crippen molar-refractivity contribution in [3.63, 3.8) is 0 Å². The van der Waals surface area contributed by atoms with Gasteiger partial charge in [0, 0.05) is 55.5 Å². The number of β-amino-alcohol motifs (C(OH)–C–C–N with tert-alkyl or cyclic N) is 1. The van der Waals surface area contributed by atoms with E-state index in [0.29, 0.717) is 30.8 Å². The van der Waals surface area contributed by atoms with E-state index in [-0.39, 0.29) is 6.10 Å². The van der Waals surface area contributed by atoms with Crippen LogP contribution in [0.1, 0.15) is 54.1 Å². The van der Waals surface area contributed by atoms with Crippen LogP contribution in [0.3, 0.4) is 0 Å². The number of para-hydroxylation sites is 1. The molecule has 0 radical (unpaired) electrons. The Morgan fingerprint density at radius 3 is 2.90 bits per heavy atom. The molecule has 3 aliphatic rings. The molecule has 0 amide bonds. The van der Waals surface area contributed by atoms with Gasteiger partial charge in [0.1, 0.15) is 5.75 Å². The van der Waals surface area contributed by atoms with Gasteiger partial charge < -0.3 is 15.1 Å². The Morgan fingerprint density at radius 2 is 2.07 bits per heavy atom. The first kappa shape index (κ1) is 19.5. The zero-order valence-corrected chi connectivity index (χ0v) is 17.4. The molecule has 2 saturated heterocycles. The first-order valence-corrected chi connectivity index (χ1v) is 11.1. The Kier molecular flexibility index (Phi) is 5.21. The molecule has 0 spiro atoms. The first-order chi connectivity index (χ1) is 14.6. The topological polar surface area (TPSA) is 72.7 Å². The number of hydrogen-bond donors (Lipinski definition) is 2. The minimum atomic E-state index is -0.283. The number of phenols is 1. The minimum Gasteiger partial charge on any atom is -0.507 e. The van der Waals surface area contributed by atoms with Crippen molar-refractivity contribution in [2.45, 2.75) is 63.3 Å². The average Bonchev–Trinajstić information content (AvgIpc) is 3.02. The van der Waals surface area contributed by atoms with Gasteiger partial charge in [0.05, 0.1) is 11.8 Å². The van der Waals surface area contributed by atoms with E-state index in [4.69, 9.17) is 4.98 Å². The van der Waals surface area contributed by atoms with E-state index in [1.54, 1.807) is 0 Å². The van der Waals surface area contributed by atoms with Gasteiger partial charge in [-0.2, -0.15) is 0 Å². The zero-order chi connectivity index (χ0) is 20.7. The van der Waals surface area contributed by atoms with Crippen LogP contribution in [0.15, 0.2) is 37.1 Å². The maximum atomic E-state index is 10.7. The summed E-state index contributed by atoms with van der Waals surface area (Å²) in [7, 11) is 0. The van der Waals surface area contributed by atoms with Gasteiger partial charge in [0.15, 0.2) is 0 Å². The van der Waals surface area contributed by atoms with E-state index in [9.17, 15) is 10.2 Å². The van der Waals surface area contributed by atoms with Crippen molar-refractivity contribution in [2.75, 3.05) is 18.0 Å². The van der Waals surface area contributed by atoms with E-state index in [0.717, 1.165) is 68.0 Å². The Morgan fingerprint density at radius 1 is 1.20 bits per heavy atom. The second-order valence-corrected chi connectivity index (χ2v) is 8.86. The molecule has 4 heterocycles. The molecule has 3 atom stereocenters. The highest BCUT2D eigenvalue weighted by Gasteiger charge is 2.41. The molecular weight excluding hydrogens is 376 g/mol. The standard InChI is InChI=1S/C24H30N4O2/c1-2-5-16-6-3-7-17(23(16)30)14-28-18-9-10-22(28)20-13-25-24(26-21(20)12-18)27-11-4-8-19(29)15-27/h2-3,6-7,13,18-19,22,29-30H,1,4-5,8-12,14-15H2/t18-,19-,22-/m0/s1. The molecule has 1 aromatic heterocycles. The summed E-state index contributed by atoms with van der Waals surface area (Å²) in [6, 6.07) is 6.77. The lowest BCUT2D eigenvalue weighted by Crippen LogP contribution is -2.41. The molecule has 0 unspecified atom stereocenters. The van der Waals surface area contributed by atoms with Gasteiger partial charge in [-0.3, -0.25) is 4.90 Å². The van der Waals surface area contributed by atoms with Gasteiger partial charge in [-0.25, -0.2) is 9.97 Å². The number of fused-ring (bicyclic) bond motifs is 4. The average molecular weight is 407 g/mol. The normalized spacial score (nSPS) is 25.9. The number of aromatic hydroxyl groups is 1. The third-order valence-electron chi connectivity index (χ3n) is 6.92. The smallest absolute Gasteiger partial charge is 0.225 e. The maximum absolute atomic E-state index is 10.7. The van der Waals surface area contributed by atoms with Gasteiger partial charge in [0.2, 0.25) is 5.95 Å². The van der Waals surface area contributed by atoms with E-state index < -0.39 is 0 Å². The SMILES string of the molecule is C=CCc1cccc(CN2[C@H]3CC[C@H]2c2cnc(N4CCC[C@H](O)C4)nc2C3)c1O. The van der Waals surface area contributed by atoms with Crippen molar-refractivity contribution in [1.29, 1.82) is 0 Å². The molecule has 6 nitrogen and oxygen atoms in total. The largest absolute Gasteiger partial charge is 0.507 e. The van der Waals surface area contributed by atoms with E-state index in [1.165, 1.54) is 5.56 Å². The predicted octanol–water partition coefficient (Wildman–Crippen LogP) is 3.13. The van der Waals surface area contributed by atoms with Gasteiger partial charge in [-0.15, -0.1) is 6.58 Å². The molecule has 158 valence electrons. The molecule has 1 aromatic carbocycles. The van der Waals surface area contributed by atoms with Gasteiger partial charge in [-0.05, 0) is 37.7 Å². The van der Waals surface area contributed by atoms with Crippen molar-refractivity contribution in [3.8, 4) is 5.75 Å². The van der Waals surface area contributed by atoms with Crippen LogP contribution in [0.25, 0.3) is 0 Å². The van der Waals surface area contributed by atoms with Crippen LogP contribution in [0.4, 0.5) is 5.95 Å². The van der Waals surface area contributed by atoms with Crippen LogP contribution in [-0.2, 0) is 19.4 Å². The molecule has 2 bridgehead atoms. The summed E-state index contributed by atoms with van der Waals surface area (Å²) in [6.45, 7) is 6.07. The molecule has 2 aromatic rings. The number of allylic oxidation sites excluding steroid dienone is 1. The van der Waals surface area contributed by atoms with Crippen LogP contribution in [0.5, 0.6) is 5.75 Å². The summed E-state index contributed by atoms with van der Waals surface area (Å²) >= 11 is 0. The van der Waals surface area contributed by atoms with Crippen LogP contribution >= 0.6 is 0 Å². The highest BCUT2D eigenvalue weighted by molar-refractivity contribution is 5.42. The fraction of sp³-hybridized carbons (Fsp3) is 0.500. The molecule has 3 aliphatic heterocycles. The number of piperidine rings is 1. The van der Waals surface area contributed by atoms with E-state index >= 15 is 0 Å². The summed E-state index contributed by atoms with van der Waals surface area (Å²) in [6.07, 6.45) is 9.25. The predicted molar refractivity (Wildman–Crippen MR) is 117 cm³/mol. The number of benzene rings is 1. The number of rotatable bonds is 5. The van der Waals surface area contributed by atoms with Gasteiger partial charge in [-0.1, -0.05) is 24.3 Å². The number of aliphatic hydroxyl groups excluding tert-OH is 1. The number of aliphatic hydroxyl groups is 1. The molecule has 5 rings (SSSR count). The molecule has 30 heavy (non-hydrogen) atoms.